The van der Waals surface area contributed by atoms with E-state index in [1.165, 1.54) is 12.8 Å². The molecule has 0 spiro atoms. The molecule has 0 saturated heterocycles. The fourth-order valence-electron chi connectivity index (χ4n) is 3.75. The van der Waals surface area contributed by atoms with E-state index < -0.39 is 11.4 Å². The summed E-state index contributed by atoms with van der Waals surface area (Å²) in [6.45, 7) is 15.2. The van der Waals surface area contributed by atoms with Crippen LogP contribution in [0.1, 0.15) is 151 Å². The van der Waals surface area contributed by atoms with E-state index in [0.717, 1.165) is 51.4 Å². The van der Waals surface area contributed by atoms with Crippen molar-refractivity contribution in [2.24, 2.45) is 17.3 Å². The lowest BCUT2D eigenvalue weighted by Crippen LogP contribution is -2.26. The molecule has 10 heteroatoms. The van der Waals surface area contributed by atoms with Gasteiger partial charge >= 0.3 is 29.8 Å². The normalized spacial score (nSPS) is 12.2. The number of hydrogen-bond acceptors (Lipinski definition) is 9. The molecule has 0 aromatic rings. The molecule has 1 N–H and O–H groups in total. The molecule has 0 aliphatic rings. The SMILES string of the molecule is CCC(C)C(=O)OCCCCCC(=O)O.CCCCC(CC)COC(=O)CCCCCOC(=O)CCCOC(=O)C(C)(C)CC. The van der Waals surface area contributed by atoms with Gasteiger partial charge in [-0.15, -0.1) is 0 Å². The topological polar surface area (TPSA) is 143 Å². The van der Waals surface area contributed by atoms with Gasteiger partial charge in [-0.2, -0.15) is 0 Å². The van der Waals surface area contributed by atoms with E-state index in [2.05, 4.69) is 13.8 Å². The first-order valence-corrected chi connectivity index (χ1v) is 17.2. The number of unbranched alkanes of at least 4 members (excludes halogenated alkanes) is 5. The molecule has 0 rings (SSSR count). The van der Waals surface area contributed by atoms with Crippen LogP contribution in [0.2, 0.25) is 0 Å². The lowest BCUT2D eigenvalue weighted by atomic mass is 9.91. The van der Waals surface area contributed by atoms with Gasteiger partial charge in [-0.05, 0) is 84.0 Å². The number of carbonyl (C=O) groups is 5. The molecule has 0 bridgehead atoms. The molecule has 0 aromatic heterocycles. The highest BCUT2D eigenvalue weighted by Crippen LogP contribution is 2.21. The molecule has 0 saturated carbocycles. The van der Waals surface area contributed by atoms with Crippen molar-refractivity contribution in [1.29, 1.82) is 0 Å². The molecule has 0 aliphatic heterocycles. The summed E-state index contributed by atoms with van der Waals surface area (Å²) < 4.78 is 20.8. The Labute approximate surface area is 272 Å². The Kier molecular flexibility index (Phi) is 28.5. The van der Waals surface area contributed by atoms with Crippen LogP contribution in [-0.4, -0.2) is 61.4 Å². The average molecular weight is 645 g/mol. The van der Waals surface area contributed by atoms with E-state index in [9.17, 15) is 24.0 Å². The van der Waals surface area contributed by atoms with Gasteiger partial charge in [-0.25, -0.2) is 0 Å². The highest BCUT2D eigenvalue weighted by molar-refractivity contribution is 5.76. The maximum Gasteiger partial charge on any atom is 0.311 e. The van der Waals surface area contributed by atoms with Crippen molar-refractivity contribution < 1.29 is 48.0 Å². The molecular weight excluding hydrogens is 580 g/mol. The van der Waals surface area contributed by atoms with Gasteiger partial charge in [0.05, 0.1) is 37.8 Å². The van der Waals surface area contributed by atoms with Gasteiger partial charge in [0.2, 0.25) is 0 Å². The van der Waals surface area contributed by atoms with Crippen LogP contribution in [0.15, 0.2) is 0 Å². The number of hydrogen-bond donors (Lipinski definition) is 1. The fourth-order valence-corrected chi connectivity index (χ4v) is 3.75. The van der Waals surface area contributed by atoms with Gasteiger partial charge < -0.3 is 24.1 Å². The molecule has 0 radical (unpaired) electrons. The second-order valence-electron chi connectivity index (χ2n) is 12.3. The Balaban J connectivity index is 0. The summed E-state index contributed by atoms with van der Waals surface area (Å²) in [6.07, 6.45) is 11.8. The van der Waals surface area contributed by atoms with Gasteiger partial charge in [0.15, 0.2) is 0 Å². The van der Waals surface area contributed by atoms with E-state index in [1.807, 2.05) is 34.6 Å². The molecule has 45 heavy (non-hydrogen) atoms. The van der Waals surface area contributed by atoms with Gasteiger partial charge in [0.25, 0.3) is 0 Å². The summed E-state index contributed by atoms with van der Waals surface area (Å²) in [5, 5.41) is 8.38. The lowest BCUT2D eigenvalue weighted by Gasteiger charge is -2.20. The van der Waals surface area contributed by atoms with Crippen LogP contribution in [0, 0.1) is 17.3 Å². The summed E-state index contributed by atoms with van der Waals surface area (Å²) in [6, 6.07) is 0. The molecule has 0 aliphatic carbocycles. The first kappa shape index (κ1) is 44.5. The number of carboxylic acid groups (broad SMARTS) is 1. The summed E-state index contributed by atoms with van der Waals surface area (Å²) in [4.78, 5) is 56.7. The van der Waals surface area contributed by atoms with E-state index in [4.69, 9.17) is 24.1 Å². The van der Waals surface area contributed by atoms with E-state index >= 15 is 0 Å². The van der Waals surface area contributed by atoms with Crippen molar-refractivity contribution in [1.82, 2.24) is 0 Å². The molecule has 0 aromatic carbocycles. The Morgan fingerprint density at radius 1 is 0.644 bits per heavy atom. The van der Waals surface area contributed by atoms with Crippen LogP contribution >= 0.6 is 0 Å². The van der Waals surface area contributed by atoms with Gasteiger partial charge in [0, 0.05) is 19.3 Å². The summed E-state index contributed by atoms with van der Waals surface area (Å²) >= 11 is 0. The van der Waals surface area contributed by atoms with Crippen LogP contribution in [0.25, 0.3) is 0 Å². The number of esters is 4. The predicted molar refractivity (Wildman–Crippen MR) is 174 cm³/mol. The van der Waals surface area contributed by atoms with Gasteiger partial charge in [-0.3, -0.25) is 24.0 Å². The highest BCUT2D eigenvalue weighted by atomic mass is 16.5. The number of aliphatic carboxylic acids is 1. The zero-order chi connectivity index (χ0) is 34.5. The molecular formula is C35H64O10. The monoisotopic (exact) mass is 644 g/mol. The van der Waals surface area contributed by atoms with Crippen LogP contribution in [0.5, 0.6) is 0 Å². The van der Waals surface area contributed by atoms with E-state index in [1.54, 1.807) is 0 Å². The molecule has 10 nitrogen and oxygen atoms in total. The van der Waals surface area contributed by atoms with E-state index in [0.29, 0.717) is 51.4 Å². The number of ether oxygens (including phenoxy) is 4. The highest BCUT2D eigenvalue weighted by Gasteiger charge is 2.26. The predicted octanol–water partition coefficient (Wildman–Crippen LogP) is 7.83. The number of rotatable bonds is 26. The maximum atomic E-state index is 11.8. The summed E-state index contributed by atoms with van der Waals surface area (Å²) in [5.41, 5.74) is -0.486. The first-order chi connectivity index (χ1) is 21.3. The van der Waals surface area contributed by atoms with Gasteiger partial charge in [0.1, 0.15) is 0 Å². The Hall–Kier alpha value is -2.65. The third kappa shape index (κ3) is 27.4. The third-order valence-corrected chi connectivity index (χ3v) is 7.80. The van der Waals surface area contributed by atoms with E-state index in [-0.39, 0.29) is 49.2 Å². The van der Waals surface area contributed by atoms with Crippen LogP contribution in [0.3, 0.4) is 0 Å². The molecule has 264 valence electrons. The molecule has 2 atom stereocenters. The summed E-state index contributed by atoms with van der Waals surface area (Å²) in [7, 11) is 0. The minimum absolute atomic E-state index is 0.0379. The lowest BCUT2D eigenvalue weighted by molar-refractivity contribution is -0.155. The zero-order valence-corrected chi connectivity index (χ0v) is 29.4. The largest absolute Gasteiger partial charge is 0.481 e. The van der Waals surface area contributed by atoms with Crippen molar-refractivity contribution in [3.8, 4) is 0 Å². The molecule has 2 unspecified atom stereocenters. The van der Waals surface area contributed by atoms with Crippen molar-refractivity contribution in [3.05, 3.63) is 0 Å². The summed E-state index contributed by atoms with van der Waals surface area (Å²) in [5.74, 6) is -1.15. The Bertz CT molecular complexity index is 808. The van der Waals surface area contributed by atoms with Crippen LogP contribution < -0.4 is 0 Å². The Morgan fingerprint density at radius 3 is 1.76 bits per heavy atom. The second-order valence-corrected chi connectivity index (χ2v) is 12.3. The number of carbonyl (C=O) groups excluding carboxylic acids is 4. The molecule has 0 heterocycles. The number of carboxylic acids is 1. The average Bonchev–Trinajstić information content (AvgIpc) is 3.02. The van der Waals surface area contributed by atoms with Crippen molar-refractivity contribution >= 4 is 29.8 Å². The van der Waals surface area contributed by atoms with Crippen molar-refractivity contribution in [2.75, 3.05) is 26.4 Å². The standard InChI is InChI=1S/C24H44O6.C11H20O4/c1-6-9-14-20(7-2)19-30-22(26)15-11-10-12-17-28-21(25)16-13-18-29-23(27)24(4,5)8-3;1-3-9(2)11(14)15-8-6-4-5-7-10(12)13/h20H,6-19H2,1-5H3;9H,3-8H2,1-2H3,(H,12,13). The zero-order valence-electron chi connectivity index (χ0n) is 29.4. The van der Waals surface area contributed by atoms with Crippen molar-refractivity contribution in [2.45, 2.75) is 151 Å². The van der Waals surface area contributed by atoms with Crippen LogP contribution in [0.4, 0.5) is 0 Å². The van der Waals surface area contributed by atoms with Crippen molar-refractivity contribution in [3.63, 3.8) is 0 Å². The Morgan fingerprint density at radius 2 is 1.20 bits per heavy atom. The second kappa shape index (κ2) is 28.8. The van der Waals surface area contributed by atoms with Crippen LogP contribution in [-0.2, 0) is 42.9 Å². The fraction of sp³-hybridized carbons (Fsp3) is 0.857. The minimum Gasteiger partial charge on any atom is -0.481 e. The molecule has 0 amide bonds. The third-order valence-electron chi connectivity index (χ3n) is 7.80. The smallest absolute Gasteiger partial charge is 0.311 e. The molecule has 0 fully saturated rings. The quantitative estimate of drug-likeness (QED) is 0.0562. The first-order valence-electron chi connectivity index (χ1n) is 17.2. The minimum atomic E-state index is -0.772. The maximum absolute atomic E-state index is 11.8. The van der Waals surface area contributed by atoms with Gasteiger partial charge in [-0.1, -0.05) is 53.9 Å².